The van der Waals surface area contributed by atoms with Gasteiger partial charge in [0.15, 0.2) is 0 Å². The van der Waals surface area contributed by atoms with Crippen LogP contribution in [0, 0.1) is 0 Å². The number of nitrogens with two attached hydrogens (primary N) is 1. The van der Waals surface area contributed by atoms with Gasteiger partial charge in [0.25, 0.3) is 0 Å². The van der Waals surface area contributed by atoms with Gasteiger partial charge in [0.05, 0.1) is 5.56 Å². The van der Waals surface area contributed by atoms with Gasteiger partial charge in [-0.15, -0.1) is 0 Å². The van der Waals surface area contributed by atoms with Crippen LogP contribution in [0.3, 0.4) is 0 Å². The van der Waals surface area contributed by atoms with Crippen LogP contribution in [-0.2, 0) is 12.7 Å². The van der Waals surface area contributed by atoms with Crippen LogP contribution in [0.15, 0.2) is 18.2 Å². The Morgan fingerprint density at radius 1 is 1.35 bits per heavy atom. The van der Waals surface area contributed by atoms with E-state index in [0.29, 0.717) is 5.69 Å². The second kappa shape index (κ2) is 5.48. The van der Waals surface area contributed by atoms with Crippen molar-refractivity contribution in [3.8, 4) is 0 Å². The Hall–Kier alpha value is -0.880. The second-order valence-corrected chi connectivity index (χ2v) is 7.38. The van der Waals surface area contributed by atoms with E-state index in [1.54, 1.807) is 6.07 Å². The molecule has 2 N–H and O–H groups in total. The molecule has 20 heavy (non-hydrogen) atoms. The lowest BCUT2D eigenvalue weighted by atomic mass is 10.0. The van der Waals surface area contributed by atoms with E-state index < -0.39 is 11.7 Å². The molecule has 0 amide bonds. The number of anilines is 1. The summed E-state index contributed by atoms with van der Waals surface area (Å²) < 4.78 is 39.2. The summed E-state index contributed by atoms with van der Waals surface area (Å²) in [6.45, 7) is 5.65. The highest BCUT2D eigenvalue weighted by atomic mass is 32.2. The topological polar surface area (TPSA) is 29.3 Å². The van der Waals surface area contributed by atoms with Gasteiger partial charge in [-0.2, -0.15) is 24.9 Å². The van der Waals surface area contributed by atoms with E-state index in [2.05, 4.69) is 13.8 Å². The maximum atomic E-state index is 13.1. The van der Waals surface area contributed by atoms with Gasteiger partial charge in [-0.3, -0.25) is 0 Å². The molecule has 0 atom stereocenters. The first-order valence-corrected chi connectivity index (χ1v) is 7.50. The first-order chi connectivity index (χ1) is 9.23. The third-order valence-electron chi connectivity index (χ3n) is 3.41. The van der Waals surface area contributed by atoms with Crippen LogP contribution in [0.25, 0.3) is 0 Å². The zero-order valence-corrected chi connectivity index (χ0v) is 12.4. The molecule has 6 heteroatoms. The molecular weight excluding hydrogens is 285 g/mol. The fourth-order valence-electron chi connectivity index (χ4n) is 2.44. The third-order valence-corrected chi connectivity index (χ3v) is 4.71. The largest absolute Gasteiger partial charge is 0.416 e. The molecule has 0 aliphatic carbocycles. The molecule has 112 valence electrons. The van der Waals surface area contributed by atoms with Crippen LogP contribution in [0.1, 0.15) is 25.0 Å². The van der Waals surface area contributed by atoms with Crippen molar-refractivity contribution in [2.45, 2.75) is 31.3 Å². The number of benzene rings is 1. The molecule has 1 aromatic rings. The Balaban J connectivity index is 2.34. The zero-order chi connectivity index (χ0) is 15.0. The van der Waals surface area contributed by atoms with E-state index in [1.807, 2.05) is 16.7 Å². The SMILES string of the molecule is CC1(C)CN(c2ccc(CN)c(C(F)(F)F)c2)CCS1. The third kappa shape index (κ3) is 3.41. The average Bonchev–Trinajstić information content (AvgIpc) is 2.35. The maximum Gasteiger partial charge on any atom is 0.416 e. The van der Waals surface area contributed by atoms with Crippen molar-refractivity contribution in [3.63, 3.8) is 0 Å². The van der Waals surface area contributed by atoms with Crippen LogP contribution in [0.4, 0.5) is 18.9 Å². The molecule has 1 aliphatic rings. The van der Waals surface area contributed by atoms with Gasteiger partial charge in [-0.1, -0.05) is 6.07 Å². The van der Waals surface area contributed by atoms with Crippen LogP contribution in [-0.4, -0.2) is 23.6 Å². The summed E-state index contributed by atoms with van der Waals surface area (Å²) >= 11 is 1.85. The lowest BCUT2D eigenvalue weighted by Gasteiger charge is -2.39. The first kappa shape index (κ1) is 15.5. The highest BCUT2D eigenvalue weighted by Crippen LogP contribution is 2.37. The van der Waals surface area contributed by atoms with Crippen molar-refractivity contribution in [1.82, 2.24) is 0 Å². The highest BCUT2D eigenvalue weighted by molar-refractivity contribution is 8.00. The minimum Gasteiger partial charge on any atom is -0.369 e. The molecule has 1 aromatic carbocycles. The van der Waals surface area contributed by atoms with Gasteiger partial charge in [0, 0.05) is 35.8 Å². The Bertz CT molecular complexity index is 486. The summed E-state index contributed by atoms with van der Waals surface area (Å²) in [6.07, 6.45) is -4.36. The number of thioether (sulfide) groups is 1. The standard InChI is InChI=1S/C14H19F3N2S/c1-13(2)9-19(5-6-20-13)11-4-3-10(8-18)12(7-11)14(15,16)17/h3-4,7H,5-6,8-9,18H2,1-2H3. The summed E-state index contributed by atoms with van der Waals surface area (Å²) in [5.74, 6) is 0.924. The van der Waals surface area contributed by atoms with Gasteiger partial charge in [-0.05, 0) is 31.5 Å². The number of halogens is 3. The Morgan fingerprint density at radius 2 is 2.05 bits per heavy atom. The molecule has 1 saturated heterocycles. The van der Waals surface area contributed by atoms with Crippen LogP contribution >= 0.6 is 11.8 Å². The first-order valence-electron chi connectivity index (χ1n) is 6.52. The number of hydrogen-bond donors (Lipinski definition) is 1. The normalized spacial score (nSPS) is 19.2. The minimum absolute atomic E-state index is 0.0587. The fourth-order valence-corrected chi connectivity index (χ4v) is 3.55. The molecule has 0 aromatic heterocycles. The molecule has 0 unspecified atom stereocenters. The summed E-state index contributed by atoms with van der Waals surface area (Å²) in [7, 11) is 0. The number of nitrogens with zero attached hydrogens (tertiary/aromatic N) is 1. The van der Waals surface area contributed by atoms with Crippen LogP contribution < -0.4 is 10.6 Å². The van der Waals surface area contributed by atoms with E-state index >= 15 is 0 Å². The van der Waals surface area contributed by atoms with E-state index in [0.717, 1.165) is 18.8 Å². The number of hydrogen-bond acceptors (Lipinski definition) is 3. The van der Waals surface area contributed by atoms with Crippen molar-refractivity contribution in [2.75, 3.05) is 23.7 Å². The molecule has 0 radical (unpaired) electrons. The summed E-state index contributed by atoms with van der Waals surface area (Å²) in [5.41, 5.74) is 5.56. The van der Waals surface area contributed by atoms with Crippen LogP contribution in [0.2, 0.25) is 0 Å². The molecule has 2 nitrogen and oxygen atoms in total. The lowest BCUT2D eigenvalue weighted by molar-refractivity contribution is -0.138. The van der Waals surface area contributed by atoms with Gasteiger partial charge >= 0.3 is 6.18 Å². The second-order valence-electron chi connectivity index (χ2n) is 5.57. The molecule has 1 fully saturated rings. The highest BCUT2D eigenvalue weighted by Gasteiger charge is 2.34. The predicted octanol–water partition coefficient (Wildman–Crippen LogP) is 3.50. The summed E-state index contributed by atoms with van der Waals surface area (Å²) in [5, 5.41) is 0. The van der Waals surface area contributed by atoms with Crippen LogP contribution in [0.5, 0.6) is 0 Å². The van der Waals surface area contributed by atoms with E-state index in [4.69, 9.17) is 5.73 Å². The number of alkyl halides is 3. The van der Waals surface area contributed by atoms with Crippen molar-refractivity contribution in [1.29, 1.82) is 0 Å². The molecule has 0 spiro atoms. The monoisotopic (exact) mass is 304 g/mol. The van der Waals surface area contributed by atoms with Crippen molar-refractivity contribution < 1.29 is 13.2 Å². The van der Waals surface area contributed by atoms with Gasteiger partial charge in [0.1, 0.15) is 0 Å². The molecule has 1 aliphatic heterocycles. The number of rotatable bonds is 2. The predicted molar refractivity (Wildman–Crippen MR) is 78.1 cm³/mol. The molecular formula is C14H19F3N2S. The van der Waals surface area contributed by atoms with E-state index in [1.165, 1.54) is 12.1 Å². The van der Waals surface area contributed by atoms with Crippen molar-refractivity contribution in [2.24, 2.45) is 5.73 Å². The van der Waals surface area contributed by atoms with Gasteiger partial charge < -0.3 is 10.6 Å². The van der Waals surface area contributed by atoms with Gasteiger partial charge in [0.2, 0.25) is 0 Å². The maximum absolute atomic E-state index is 13.1. The zero-order valence-electron chi connectivity index (χ0n) is 11.6. The lowest BCUT2D eigenvalue weighted by Crippen LogP contribution is -2.43. The molecule has 0 bridgehead atoms. The Morgan fingerprint density at radius 3 is 2.60 bits per heavy atom. The van der Waals surface area contributed by atoms with E-state index in [9.17, 15) is 13.2 Å². The Labute approximate surface area is 121 Å². The molecule has 0 saturated carbocycles. The average molecular weight is 304 g/mol. The molecule has 1 heterocycles. The minimum atomic E-state index is -4.36. The van der Waals surface area contributed by atoms with Crippen molar-refractivity contribution in [3.05, 3.63) is 29.3 Å². The quantitative estimate of drug-likeness (QED) is 0.907. The Kier molecular flexibility index (Phi) is 4.25. The molecule has 2 rings (SSSR count). The summed E-state index contributed by atoms with van der Waals surface area (Å²) in [6, 6.07) is 4.46. The van der Waals surface area contributed by atoms with E-state index in [-0.39, 0.29) is 16.9 Å². The smallest absolute Gasteiger partial charge is 0.369 e. The van der Waals surface area contributed by atoms with Gasteiger partial charge in [-0.25, -0.2) is 0 Å². The van der Waals surface area contributed by atoms with Crippen molar-refractivity contribution >= 4 is 17.4 Å². The fraction of sp³-hybridized carbons (Fsp3) is 0.571. The summed E-state index contributed by atoms with van der Waals surface area (Å²) in [4.78, 5) is 2.02.